The molecule has 1 heterocycles. The van der Waals surface area contributed by atoms with Crippen molar-refractivity contribution in [2.75, 3.05) is 11.6 Å². The quantitative estimate of drug-likeness (QED) is 0.630. The van der Waals surface area contributed by atoms with E-state index < -0.39 is 5.76 Å². The van der Waals surface area contributed by atoms with E-state index in [9.17, 15) is 13.6 Å². The van der Waals surface area contributed by atoms with Crippen LogP contribution in [-0.2, 0) is 11.3 Å². The monoisotopic (exact) mass is 379 g/mol. The Kier molecular flexibility index (Phi) is 5.60. The molecule has 1 aromatic heterocycles. The Morgan fingerprint density at radius 2 is 1.92 bits per heavy atom. The summed E-state index contributed by atoms with van der Waals surface area (Å²) in [7, 11) is 0. The van der Waals surface area contributed by atoms with E-state index >= 15 is 0 Å². The van der Waals surface area contributed by atoms with Crippen LogP contribution < -0.4 is 5.32 Å². The number of hydrogen-bond acceptors (Lipinski definition) is 4. The molecule has 130 valence electrons. The minimum absolute atomic E-state index is 0.0850. The first-order valence-electron chi connectivity index (χ1n) is 7.41. The molecule has 3 rings (SSSR count). The maximum absolute atomic E-state index is 12.8. The van der Waals surface area contributed by atoms with Crippen molar-refractivity contribution in [3.05, 3.63) is 48.5 Å². The minimum atomic E-state index is -2.60. The van der Waals surface area contributed by atoms with Crippen LogP contribution in [0.25, 0.3) is 11.0 Å². The van der Waals surface area contributed by atoms with Gasteiger partial charge in [0, 0.05) is 4.90 Å². The van der Waals surface area contributed by atoms with Crippen LogP contribution in [0.4, 0.5) is 14.5 Å². The third-order valence-corrected chi connectivity index (χ3v) is 4.99. The standard InChI is InChI=1S/C17H15F2N3OS2/c1-24-14-9-5-3-7-12(14)20-15(23)10-22-13-8-4-2-6-11(13)21-17(22)25-16(18)19/h2-9,16H,10H2,1H3,(H,20,23). The number of carbonyl (C=O) groups excluding carboxylic acids is 1. The van der Waals surface area contributed by atoms with Gasteiger partial charge in [-0.15, -0.1) is 11.8 Å². The second-order valence-electron chi connectivity index (χ2n) is 5.10. The number of anilines is 1. The number of alkyl halides is 2. The van der Waals surface area contributed by atoms with Crippen LogP contribution in [0.15, 0.2) is 58.6 Å². The van der Waals surface area contributed by atoms with Gasteiger partial charge in [0.05, 0.1) is 16.7 Å². The van der Waals surface area contributed by atoms with E-state index in [-0.39, 0.29) is 17.6 Å². The van der Waals surface area contributed by atoms with Crippen molar-refractivity contribution in [2.24, 2.45) is 0 Å². The van der Waals surface area contributed by atoms with E-state index in [2.05, 4.69) is 10.3 Å². The Morgan fingerprint density at radius 1 is 1.20 bits per heavy atom. The van der Waals surface area contributed by atoms with Crippen LogP contribution in [0.3, 0.4) is 0 Å². The molecule has 0 aliphatic rings. The molecule has 0 unspecified atom stereocenters. The molecule has 1 N–H and O–H groups in total. The van der Waals surface area contributed by atoms with Gasteiger partial charge in [0.2, 0.25) is 5.91 Å². The molecule has 2 aromatic carbocycles. The summed E-state index contributed by atoms with van der Waals surface area (Å²) in [5.41, 5.74) is 1.94. The number of amides is 1. The van der Waals surface area contributed by atoms with Gasteiger partial charge >= 0.3 is 0 Å². The number of fused-ring (bicyclic) bond motifs is 1. The lowest BCUT2D eigenvalue weighted by Gasteiger charge is -2.11. The lowest BCUT2D eigenvalue weighted by Crippen LogP contribution is -2.19. The number of aromatic nitrogens is 2. The van der Waals surface area contributed by atoms with Crippen molar-refractivity contribution in [1.82, 2.24) is 9.55 Å². The number of halogens is 2. The van der Waals surface area contributed by atoms with Crippen molar-refractivity contribution in [1.29, 1.82) is 0 Å². The van der Waals surface area contributed by atoms with Gasteiger partial charge in [-0.25, -0.2) is 4.98 Å². The summed E-state index contributed by atoms with van der Waals surface area (Å²) in [5.74, 6) is -2.89. The Hall–Kier alpha value is -2.06. The smallest absolute Gasteiger partial charge is 0.291 e. The molecule has 25 heavy (non-hydrogen) atoms. The van der Waals surface area contributed by atoms with Gasteiger partial charge in [-0.1, -0.05) is 24.3 Å². The van der Waals surface area contributed by atoms with Crippen LogP contribution in [-0.4, -0.2) is 27.5 Å². The first-order chi connectivity index (χ1) is 12.1. The molecule has 0 saturated heterocycles. The maximum Gasteiger partial charge on any atom is 0.291 e. The Labute approximate surface area is 152 Å². The van der Waals surface area contributed by atoms with Crippen molar-refractivity contribution < 1.29 is 13.6 Å². The second kappa shape index (κ2) is 7.88. The lowest BCUT2D eigenvalue weighted by molar-refractivity contribution is -0.116. The van der Waals surface area contributed by atoms with Gasteiger partial charge in [0.25, 0.3) is 5.76 Å². The Bertz CT molecular complexity index is 898. The molecule has 0 bridgehead atoms. The zero-order chi connectivity index (χ0) is 17.8. The van der Waals surface area contributed by atoms with E-state index in [0.717, 1.165) is 4.90 Å². The molecule has 3 aromatic rings. The zero-order valence-electron chi connectivity index (χ0n) is 13.3. The molecule has 0 aliphatic carbocycles. The molecule has 0 radical (unpaired) electrons. The minimum Gasteiger partial charge on any atom is -0.324 e. The molecule has 0 saturated carbocycles. The lowest BCUT2D eigenvalue weighted by atomic mass is 10.3. The van der Waals surface area contributed by atoms with Gasteiger partial charge in [-0.3, -0.25) is 4.79 Å². The summed E-state index contributed by atoms with van der Waals surface area (Å²) in [6, 6.07) is 14.5. The number of nitrogens with one attached hydrogen (secondary N) is 1. The third kappa shape index (κ3) is 4.13. The highest BCUT2D eigenvalue weighted by Crippen LogP contribution is 2.29. The predicted octanol–water partition coefficient (Wildman–Crippen LogP) is 4.71. The number of nitrogens with zero attached hydrogens (tertiary/aromatic N) is 2. The van der Waals surface area contributed by atoms with E-state index in [0.29, 0.717) is 28.5 Å². The van der Waals surface area contributed by atoms with Crippen LogP contribution in [0.1, 0.15) is 0 Å². The number of benzene rings is 2. The fourth-order valence-corrected chi connectivity index (χ4v) is 3.61. The average molecular weight is 379 g/mol. The molecular formula is C17H15F2N3OS2. The van der Waals surface area contributed by atoms with Gasteiger partial charge in [-0.2, -0.15) is 8.78 Å². The predicted molar refractivity (Wildman–Crippen MR) is 98.4 cm³/mol. The summed E-state index contributed by atoms with van der Waals surface area (Å²) in [6.07, 6.45) is 1.92. The number of rotatable bonds is 6. The van der Waals surface area contributed by atoms with Gasteiger partial charge < -0.3 is 9.88 Å². The maximum atomic E-state index is 12.8. The van der Waals surface area contributed by atoms with Crippen LogP contribution in [0, 0.1) is 0 Å². The summed E-state index contributed by atoms with van der Waals surface area (Å²) in [6.45, 7) is -0.0850. The fourth-order valence-electron chi connectivity index (χ4n) is 2.46. The third-order valence-electron chi connectivity index (χ3n) is 3.50. The normalized spacial score (nSPS) is 11.2. The number of thioether (sulfide) groups is 2. The van der Waals surface area contributed by atoms with Gasteiger partial charge in [-0.05, 0) is 42.3 Å². The summed E-state index contributed by atoms with van der Waals surface area (Å²) < 4.78 is 27.2. The molecular weight excluding hydrogens is 364 g/mol. The Balaban J connectivity index is 1.87. The highest BCUT2D eigenvalue weighted by atomic mass is 32.2. The highest BCUT2D eigenvalue weighted by molar-refractivity contribution is 7.99. The summed E-state index contributed by atoms with van der Waals surface area (Å²) >= 11 is 1.86. The fraction of sp³-hybridized carbons (Fsp3) is 0.176. The molecule has 4 nitrogen and oxygen atoms in total. The molecule has 1 amide bonds. The van der Waals surface area contributed by atoms with Crippen molar-refractivity contribution in [3.8, 4) is 0 Å². The number of imidazole rings is 1. The van der Waals surface area contributed by atoms with Crippen molar-refractivity contribution >= 4 is 46.2 Å². The molecule has 8 heteroatoms. The largest absolute Gasteiger partial charge is 0.324 e. The van der Waals surface area contributed by atoms with E-state index in [1.807, 2.05) is 30.5 Å². The molecule has 0 spiro atoms. The number of para-hydroxylation sites is 3. The number of hydrogen-bond donors (Lipinski definition) is 1. The van der Waals surface area contributed by atoms with Crippen molar-refractivity contribution in [3.63, 3.8) is 0 Å². The zero-order valence-corrected chi connectivity index (χ0v) is 14.9. The van der Waals surface area contributed by atoms with E-state index in [1.54, 1.807) is 24.3 Å². The molecule has 0 atom stereocenters. The topological polar surface area (TPSA) is 46.9 Å². The van der Waals surface area contributed by atoms with E-state index in [1.165, 1.54) is 16.3 Å². The van der Waals surface area contributed by atoms with Crippen LogP contribution in [0.2, 0.25) is 0 Å². The highest BCUT2D eigenvalue weighted by Gasteiger charge is 2.18. The Morgan fingerprint density at radius 3 is 2.68 bits per heavy atom. The summed E-state index contributed by atoms with van der Waals surface area (Å²) in [5, 5.41) is 2.97. The van der Waals surface area contributed by atoms with E-state index in [4.69, 9.17) is 0 Å². The molecule has 0 aliphatic heterocycles. The van der Waals surface area contributed by atoms with Gasteiger partial charge in [0.1, 0.15) is 6.54 Å². The average Bonchev–Trinajstić information content (AvgIpc) is 2.92. The second-order valence-corrected chi connectivity index (χ2v) is 6.90. The first-order valence-corrected chi connectivity index (χ1v) is 9.52. The van der Waals surface area contributed by atoms with Crippen LogP contribution in [0.5, 0.6) is 0 Å². The first kappa shape index (κ1) is 17.8. The molecule has 0 fully saturated rings. The van der Waals surface area contributed by atoms with Crippen LogP contribution >= 0.6 is 23.5 Å². The SMILES string of the molecule is CSc1ccccc1NC(=O)Cn1c(SC(F)F)nc2ccccc21. The summed E-state index contributed by atoms with van der Waals surface area (Å²) in [4.78, 5) is 17.6. The van der Waals surface area contributed by atoms with Gasteiger partial charge in [0.15, 0.2) is 5.16 Å². The van der Waals surface area contributed by atoms with Crippen molar-refractivity contribution in [2.45, 2.75) is 22.4 Å². The number of carbonyl (C=O) groups is 1.